The van der Waals surface area contributed by atoms with Gasteiger partial charge in [-0.1, -0.05) is 6.07 Å². The SMILES string of the molecule is NCCOCCCNC(=O)Cc1c(F)cccc1F. The van der Waals surface area contributed by atoms with Crippen LogP contribution in [0.2, 0.25) is 0 Å². The summed E-state index contributed by atoms with van der Waals surface area (Å²) in [5, 5.41) is 2.58. The normalized spacial score (nSPS) is 10.5. The highest BCUT2D eigenvalue weighted by Crippen LogP contribution is 2.12. The molecule has 0 saturated carbocycles. The molecule has 0 radical (unpaired) electrons. The molecule has 0 unspecified atom stereocenters. The van der Waals surface area contributed by atoms with Gasteiger partial charge in [0.25, 0.3) is 0 Å². The molecule has 0 heterocycles. The number of halogens is 2. The highest BCUT2D eigenvalue weighted by Gasteiger charge is 2.12. The van der Waals surface area contributed by atoms with E-state index < -0.39 is 17.5 Å². The number of amides is 1. The number of carbonyl (C=O) groups excluding carboxylic acids is 1. The first-order valence-corrected chi connectivity index (χ1v) is 6.12. The van der Waals surface area contributed by atoms with Crippen molar-refractivity contribution in [1.82, 2.24) is 5.32 Å². The van der Waals surface area contributed by atoms with E-state index in [4.69, 9.17) is 10.5 Å². The molecule has 0 saturated heterocycles. The maximum atomic E-state index is 13.3. The van der Waals surface area contributed by atoms with Crippen molar-refractivity contribution in [1.29, 1.82) is 0 Å². The van der Waals surface area contributed by atoms with Crippen molar-refractivity contribution in [2.24, 2.45) is 5.73 Å². The minimum atomic E-state index is -0.707. The summed E-state index contributed by atoms with van der Waals surface area (Å²) in [6, 6.07) is 3.53. The zero-order chi connectivity index (χ0) is 14.1. The molecule has 0 fully saturated rings. The van der Waals surface area contributed by atoms with Crippen molar-refractivity contribution in [2.75, 3.05) is 26.3 Å². The average molecular weight is 272 g/mol. The zero-order valence-corrected chi connectivity index (χ0v) is 10.6. The number of nitrogens with one attached hydrogen (secondary N) is 1. The lowest BCUT2D eigenvalue weighted by atomic mass is 10.1. The second-order valence-corrected chi connectivity index (χ2v) is 3.98. The van der Waals surface area contributed by atoms with Gasteiger partial charge in [0.1, 0.15) is 11.6 Å². The van der Waals surface area contributed by atoms with Gasteiger partial charge in [-0.05, 0) is 18.6 Å². The summed E-state index contributed by atoms with van der Waals surface area (Å²) in [6.07, 6.45) is 0.327. The predicted octanol–water partition coefficient (Wildman–Crippen LogP) is 0.989. The molecule has 0 aliphatic carbocycles. The van der Waals surface area contributed by atoms with Crippen LogP contribution in [0.1, 0.15) is 12.0 Å². The molecule has 19 heavy (non-hydrogen) atoms. The molecule has 6 heteroatoms. The van der Waals surface area contributed by atoms with E-state index in [-0.39, 0.29) is 12.0 Å². The molecule has 1 aromatic carbocycles. The third-order valence-corrected chi connectivity index (χ3v) is 2.45. The molecule has 0 atom stereocenters. The Bertz CT molecular complexity index is 393. The molecule has 0 spiro atoms. The van der Waals surface area contributed by atoms with Gasteiger partial charge in [0.05, 0.1) is 13.0 Å². The van der Waals surface area contributed by atoms with Crippen molar-refractivity contribution in [2.45, 2.75) is 12.8 Å². The minimum Gasteiger partial charge on any atom is -0.380 e. The first kappa shape index (κ1) is 15.5. The largest absolute Gasteiger partial charge is 0.380 e. The topological polar surface area (TPSA) is 64.3 Å². The van der Waals surface area contributed by atoms with Gasteiger partial charge in [-0.15, -0.1) is 0 Å². The molecular weight excluding hydrogens is 254 g/mol. The summed E-state index contributed by atoms with van der Waals surface area (Å²) in [4.78, 5) is 11.5. The van der Waals surface area contributed by atoms with E-state index in [9.17, 15) is 13.6 Å². The Morgan fingerprint density at radius 1 is 1.26 bits per heavy atom. The minimum absolute atomic E-state index is 0.209. The van der Waals surface area contributed by atoms with Gasteiger partial charge in [0.15, 0.2) is 0 Å². The van der Waals surface area contributed by atoms with E-state index >= 15 is 0 Å². The van der Waals surface area contributed by atoms with Crippen molar-refractivity contribution < 1.29 is 18.3 Å². The monoisotopic (exact) mass is 272 g/mol. The van der Waals surface area contributed by atoms with E-state index in [0.29, 0.717) is 32.7 Å². The average Bonchev–Trinajstić information content (AvgIpc) is 2.38. The Labute approximate surface area is 110 Å². The number of carbonyl (C=O) groups is 1. The quantitative estimate of drug-likeness (QED) is 0.694. The van der Waals surface area contributed by atoms with Crippen LogP contribution in [-0.2, 0) is 16.0 Å². The van der Waals surface area contributed by atoms with Crippen LogP contribution in [0.4, 0.5) is 8.78 Å². The first-order valence-electron chi connectivity index (χ1n) is 6.12. The summed E-state index contributed by atoms with van der Waals surface area (Å²) in [6.45, 7) is 1.83. The summed E-state index contributed by atoms with van der Waals surface area (Å²) in [7, 11) is 0. The number of benzene rings is 1. The van der Waals surface area contributed by atoms with E-state index in [1.54, 1.807) is 0 Å². The van der Waals surface area contributed by atoms with Crippen LogP contribution in [0.15, 0.2) is 18.2 Å². The van der Waals surface area contributed by atoms with Crippen LogP contribution >= 0.6 is 0 Å². The van der Waals surface area contributed by atoms with Gasteiger partial charge in [0.2, 0.25) is 5.91 Å². The number of nitrogens with two attached hydrogens (primary N) is 1. The Morgan fingerprint density at radius 3 is 2.58 bits per heavy atom. The second-order valence-electron chi connectivity index (χ2n) is 3.98. The van der Waals surface area contributed by atoms with Gasteiger partial charge < -0.3 is 15.8 Å². The molecule has 0 bridgehead atoms. The van der Waals surface area contributed by atoms with Crippen molar-refractivity contribution in [3.8, 4) is 0 Å². The fourth-order valence-corrected chi connectivity index (χ4v) is 1.51. The van der Waals surface area contributed by atoms with Crippen LogP contribution in [0.3, 0.4) is 0 Å². The molecule has 0 aliphatic heterocycles. The maximum Gasteiger partial charge on any atom is 0.224 e. The Hall–Kier alpha value is -1.53. The number of ether oxygens (including phenoxy) is 1. The summed E-state index contributed by atoms with van der Waals surface area (Å²) in [5.74, 6) is -1.83. The Balaban J connectivity index is 2.28. The zero-order valence-electron chi connectivity index (χ0n) is 10.6. The molecule has 1 aromatic rings. The third kappa shape index (κ3) is 5.76. The fourth-order valence-electron chi connectivity index (χ4n) is 1.51. The summed E-state index contributed by atoms with van der Waals surface area (Å²) >= 11 is 0. The molecule has 1 rings (SSSR count). The highest BCUT2D eigenvalue weighted by molar-refractivity contribution is 5.78. The van der Waals surface area contributed by atoms with Crippen LogP contribution in [0, 0.1) is 11.6 Å². The lowest BCUT2D eigenvalue weighted by Gasteiger charge is -2.07. The lowest BCUT2D eigenvalue weighted by molar-refractivity contribution is -0.120. The van der Waals surface area contributed by atoms with Gasteiger partial charge in [-0.2, -0.15) is 0 Å². The highest BCUT2D eigenvalue weighted by atomic mass is 19.1. The van der Waals surface area contributed by atoms with Crippen molar-refractivity contribution in [3.05, 3.63) is 35.4 Å². The van der Waals surface area contributed by atoms with Crippen LogP contribution in [-0.4, -0.2) is 32.2 Å². The molecule has 3 N–H and O–H groups in total. The standard InChI is InChI=1S/C13H18F2N2O2/c14-11-3-1-4-12(15)10(11)9-13(18)17-6-2-7-19-8-5-16/h1,3-4H,2,5-9,16H2,(H,17,18). The van der Waals surface area contributed by atoms with Crippen LogP contribution in [0.5, 0.6) is 0 Å². The third-order valence-electron chi connectivity index (χ3n) is 2.45. The molecule has 0 aliphatic rings. The summed E-state index contributed by atoms with van der Waals surface area (Å²) < 4.78 is 31.7. The van der Waals surface area contributed by atoms with E-state index in [1.165, 1.54) is 6.07 Å². The Kier molecular flexibility index (Phi) is 6.99. The van der Waals surface area contributed by atoms with Crippen LogP contribution in [0.25, 0.3) is 0 Å². The molecule has 4 nitrogen and oxygen atoms in total. The number of hydrogen-bond donors (Lipinski definition) is 2. The number of rotatable bonds is 8. The summed E-state index contributed by atoms with van der Waals surface area (Å²) in [5.41, 5.74) is 5.03. The predicted molar refractivity (Wildman–Crippen MR) is 67.6 cm³/mol. The van der Waals surface area contributed by atoms with Crippen molar-refractivity contribution >= 4 is 5.91 Å². The molecule has 106 valence electrons. The van der Waals surface area contributed by atoms with Gasteiger partial charge >= 0.3 is 0 Å². The fraction of sp³-hybridized carbons (Fsp3) is 0.462. The van der Waals surface area contributed by atoms with Crippen molar-refractivity contribution in [3.63, 3.8) is 0 Å². The molecule has 0 aromatic heterocycles. The molecule has 1 amide bonds. The lowest BCUT2D eigenvalue weighted by Crippen LogP contribution is -2.27. The Morgan fingerprint density at radius 2 is 1.95 bits per heavy atom. The smallest absolute Gasteiger partial charge is 0.224 e. The number of hydrogen-bond acceptors (Lipinski definition) is 3. The van der Waals surface area contributed by atoms with Gasteiger partial charge in [0, 0.05) is 25.3 Å². The van der Waals surface area contributed by atoms with E-state index in [0.717, 1.165) is 12.1 Å². The van der Waals surface area contributed by atoms with Gasteiger partial charge in [-0.25, -0.2) is 8.78 Å². The maximum absolute atomic E-state index is 13.3. The van der Waals surface area contributed by atoms with Crippen LogP contribution < -0.4 is 11.1 Å². The second kappa shape index (κ2) is 8.55. The van der Waals surface area contributed by atoms with Gasteiger partial charge in [-0.3, -0.25) is 4.79 Å². The first-order chi connectivity index (χ1) is 9.15. The molecular formula is C13H18F2N2O2. The van der Waals surface area contributed by atoms with E-state index in [2.05, 4.69) is 5.32 Å². The van der Waals surface area contributed by atoms with E-state index in [1.807, 2.05) is 0 Å².